The maximum absolute atomic E-state index is 13.5. The van der Waals surface area contributed by atoms with Crippen LogP contribution in [0.4, 0.5) is 19.0 Å². The van der Waals surface area contributed by atoms with Gasteiger partial charge in [-0.3, -0.25) is 9.20 Å². The number of anilines is 1. The van der Waals surface area contributed by atoms with Crippen molar-refractivity contribution in [1.29, 1.82) is 0 Å². The van der Waals surface area contributed by atoms with Gasteiger partial charge in [0.1, 0.15) is 11.6 Å². The van der Waals surface area contributed by atoms with Gasteiger partial charge in [0, 0.05) is 11.5 Å². The molecule has 1 aliphatic heterocycles. The van der Waals surface area contributed by atoms with Gasteiger partial charge in [-0.1, -0.05) is 26.0 Å². The lowest BCUT2D eigenvalue weighted by atomic mass is 9.97. The maximum Gasteiger partial charge on any atom is 0.416 e. The number of nitrogens with zero attached hydrogens (tertiary/aromatic N) is 5. The van der Waals surface area contributed by atoms with Crippen LogP contribution in [0.25, 0.3) is 5.78 Å². The van der Waals surface area contributed by atoms with E-state index in [0.29, 0.717) is 36.5 Å². The first-order valence-corrected chi connectivity index (χ1v) is 12.1. The van der Waals surface area contributed by atoms with E-state index in [-0.39, 0.29) is 30.5 Å². The zero-order valence-electron chi connectivity index (χ0n) is 20.6. The molecule has 0 spiro atoms. The highest BCUT2D eigenvalue weighted by Gasteiger charge is 2.52. The Morgan fingerprint density at radius 1 is 1.19 bits per heavy atom. The number of hydrogen-bond acceptors (Lipinski definition) is 6. The van der Waals surface area contributed by atoms with Crippen LogP contribution in [0, 0.1) is 12.3 Å². The van der Waals surface area contributed by atoms with Gasteiger partial charge in [-0.25, -0.2) is 0 Å². The number of carbonyl (C=O) groups excluding carboxylic acids is 1. The normalized spacial score (nSPS) is 17.5. The number of carbonyl (C=O) groups is 1. The zero-order valence-corrected chi connectivity index (χ0v) is 20.6. The highest BCUT2D eigenvalue weighted by molar-refractivity contribution is 5.86. The van der Waals surface area contributed by atoms with Crippen LogP contribution in [0.1, 0.15) is 79.3 Å². The average molecular weight is 503 g/mol. The van der Waals surface area contributed by atoms with Crippen molar-refractivity contribution in [3.63, 3.8) is 0 Å². The summed E-state index contributed by atoms with van der Waals surface area (Å²) < 4.78 is 42.3. The molecule has 1 aliphatic carbocycles. The summed E-state index contributed by atoms with van der Waals surface area (Å²) >= 11 is 0. The Hall–Kier alpha value is -3.21. The van der Waals surface area contributed by atoms with E-state index in [0.717, 1.165) is 23.1 Å². The molecule has 2 aromatic heterocycles. The Balaban J connectivity index is 1.55. The summed E-state index contributed by atoms with van der Waals surface area (Å²) in [6.45, 7) is 7.66. The standard InChI is InChI=1S/C25H29F3N6O2/c1-13(2)21-31-32-23-30-20(29-15(4)16-6-5-7-18(14(16)3)25(26,27)28)17-10-33(11-19(17)34(21)23)22(36)24(12-35)8-9-24/h5-7,13,15,35H,8-12H2,1-4H3,(H,29,30,32). The van der Waals surface area contributed by atoms with Gasteiger partial charge >= 0.3 is 6.18 Å². The Labute approximate surface area is 206 Å². The molecule has 5 rings (SSSR count). The van der Waals surface area contributed by atoms with Gasteiger partial charge in [0.25, 0.3) is 5.78 Å². The minimum atomic E-state index is -4.45. The van der Waals surface area contributed by atoms with E-state index in [1.54, 1.807) is 17.9 Å². The van der Waals surface area contributed by atoms with E-state index in [1.807, 2.05) is 18.2 Å². The Morgan fingerprint density at radius 2 is 1.92 bits per heavy atom. The third-order valence-electron chi connectivity index (χ3n) is 7.39. The number of amides is 1. The first-order valence-electron chi connectivity index (χ1n) is 12.1. The van der Waals surface area contributed by atoms with Gasteiger partial charge in [0.2, 0.25) is 5.91 Å². The van der Waals surface area contributed by atoms with Crippen LogP contribution < -0.4 is 5.32 Å². The molecule has 1 fully saturated rings. The van der Waals surface area contributed by atoms with Crippen LogP contribution in [0.2, 0.25) is 0 Å². The number of aliphatic hydroxyl groups is 1. The molecule has 1 saturated carbocycles. The predicted molar refractivity (Wildman–Crippen MR) is 126 cm³/mol. The third kappa shape index (κ3) is 3.89. The largest absolute Gasteiger partial charge is 0.416 e. The SMILES string of the molecule is Cc1c(C(C)Nc2nc3nnc(C(C)C)n3c3c2CN(C(=O)C2(CO)CC2)C3)cccc1C(F)(F)F. The summed E-state index contributed by atoms with van der Waals surface area (Å²) in [5.74, 6) is 1.52. The minimum absolute atomic E-state index is 0.0633. The number of hydrogen-bond donors (Lipinski definition) is 2. The van der Waals surface area contributed by atoms with E-state index in [2.05, 4.69) is 20.5 Å². The maximum atomic E-state index is 13.5. The summed E-state index contributed by atoms with van der Waals surface area (Å²) in [5.41, 5.74) is 0.889. The van der Waals surface area contributed by atoms with Gasteiger partial charge in [0.15, 0.2) is 0 Å². The number of benzene rings is 1. The number of nitrogens with one attached hydrogen (secondary N) is 1. The fraction of sp³-hybridized carbons (Fsp3) is 0.520. The predicted octanol–water partition coefficient (Wildman–Crippen LogP) is 4.36. The van der Waals surface area contributed by atoms with E-state index >= 15 is 0 Å². The molecule has 8 nitrogen and oxygen atoms in total. The van der Waals surface area contributed by atoms with E-state index in [1.165, 1.54) is 13.0 Å². The molecule has 2 N–H and O–H groups in total. The molecule has 0 saturated heterocycles. The number of fused-ring (bicyclic) bond motifs is 3. The molecular weight excluding hydrogens is 473 g/mol. The van der Waals surface area contributed by atoms with Crippen molar-refractivity contribution in [2.24, 2.45) is 5.41 Å². The molecule has 0 bridgehead atoms. The molecule has 1 aromatic carbocycles. The molecule has 1 atom stereocenters. The first-order chi connectivity index (χ1) is 17.0. The Kier molecular flexibility index (Phi) is 5.73. The summed E-state index contributed by atoms with van der Waals surface area (Å²) in [5, 5.41) is 21.6. The van der Waals surface area contributed by atoms with E-state index < -0.39 is 23.2 Å². The molecule has 3 heterocycles. The fourth-order valence-corrected chi connectivity index (χ4v) is 5.09. The van der Waals surface area contributed by atoms with Gasteiger partial charge < -0.3 is 15.3 Å². The number of aliphatic hydroxyl groups excluding tert-OH is 1. The second-order valence-corrected chi connectivity index (χ2v) is 10.2. The summed E-state index contributed by atoms with van der Waals surface area (Å²) in [7, 11) is 0. The second-order valence-electron chi connectivity index (χ2n) is 10.2. The van der Waals surface area contributed by atoms with Crippen molar-refractivity contribution in [3.8, 4) is 0 Å². The van der Waals surface area contributed by atoms with Gasteiger partial charge in [-0.15, -0.1) is 10.2 Å². The lowest BCUT2D eigenvalue weighted by molar-refractivity contribution is -0.139. The summed E-state index contributed by atoms with van der Waals surface area (Å²) in [6, 6.07) is 3.66. The van der Waals surface area contributed by atoms with Gasteiger partial charge in [-0.2, -0.15) is 18.2 Å². The van der Waals surface area contributed by atoms with Crippen LogP contribution in [0.3, 0.4) is 0 Å². The average Bonchev–Trinajstić information content (AvgIpc) is 3.29. The minimum Gasteiger partial charge on any atom is -0.395 e. The van der Waals surface area contributed by atoms with Crippen LogP contribution in [-0.4, -0.2) is 42.1 Å². The topological polar surface area (TPSA) is 95.7 Å². The highest BCUT2D eigenvalue weighted by Crippen LogP contribution is 2.48. The monoisotopic (exact) mass is 502 g/mol. The Morgan fingerprint density at radius 3 is 2.53 bits per heavy atom. The number of rotatable bonds is 6. The smallest absolute Gasteiger partial charge is 0.395 e. The highest BCUT2D eigenvalue weighted by atomic mass is 19.4. The first kappa shape index (κ1) is 24.5. The molecule has 2 aliphatic rings. The van der Waals surface area contributed by atoms with Crippen LogP contribution in [-0.2, 0) is 24.1 Å². The zero-order chi connectivity index (χ0) is 26.0. The summed E-state index contributed by atoms with van der Waals surface area (Å²) in [4.78, 5) is 19.6. The van der Waals surface area contributed by atoms with E-state index in [4.69, 9.17) is 0 Å². The Bertz CT molecular complexity index is 1350. The van der Waals surface area contributed by atoms with Gasteiger partial charge in [0.05, 0.1) is 42.4 Å². The third-order valence-corrected chi connectivity index (χ3v) is 7.39. The fourth-order valence-electron chi connectivity index (χ4n) is 5.09. The molecule has 11 heteroatoms. The lowest BCUT2D eigenvalue weighted by Gasteiger charge is -2.22. The van der Waals surface area contributed by atoms with Crippen molar-refractivity contribution in [1.82, 2.24) is 24.5 Å². The van der Waals surface area contributed by atoms with Crippen LogP contribution >= 0.6 is 0 Å². The molecule has 192 valence electrons. The lowest BCUT2D eigenvalue weighted by Crippen LogP contribution is -2.35. The quantitative estimate of drug-likeness (QED) is 0.520. The van der Waals surface area contributed by atoms with Crippen molar-refractivity contribution in [3.05, 3.63) is 52.0 Å². The molecule has 0 radical (unpaired) electrons. The van der Waals surface area contributed by atoms with E-state index in [9.17, 15) is 23.1 Å². The van der Waals surface area contributed by atoms with Crippen LogP contribution in [0.15, 0.2) is 18.2 Å². The van der Waals surface area contributed by atoms with Crippen molar-refractivity contribution in [2.45, 2.75) is 71.8 Å². The van der Waals surface area contributed by atoms with Crippen LogP contribution in [0.5, 0.6) is 0 Å². The number of halogens is 3. The number of aromatic nitrogens is 4. The number of alkyl halides is 3. The van der Waals surface area contributed by atoms with Crippen molar-refractivity contribution < 1.29 is 23.1 Å². The van der Waals surface area contributed by atoms with Gasteiger partial charge in [-0.05, 0) is 43.9 Å². The molecule has 3 aromatic rings. The van der Waals surface area contributed by atoms with Crippen molar-refractivity contribution in [2.75, 3.05) is 11.9 Å². The molecule has 36 heavy (non-hydrogen) atoms. The molecule has 1 amide bonds. The van der Waals surface area contributed by atoms with Crippen molar-refractivity contribution >= 4 is 17.5 Å². The molecular formula is C25H29F3N6O2. The second kappa shape index (κ2) is 8.43. The summed E-state index contributed by atoms with van der Waals surface area (Å²) in [6.07, 6.45) is -3.13. The molecule has 1 unspecified atom stereocenters.